The number of ether oxygens (including phenoxy) is 2. The number of methoxy groups -OCH3 is 2. The van der Waals surface area contributed by atoms with Crippen LogP contribution >= 0.6 is 0 Å². The van der Waals surface area contributed by atoms with E-state index in [2.05, 4.69) is 5.32 Å². The van der Waals surface area contributed by atoms with Crippen molar-refractivity contribution in [2.75, 3.05) is 25.1 Å². The van der Waals surface area contributed by atoms with Gasteiger partial charge in [-0.05, 0) is 80.4 Å². The van der Waals surface area contributed by atoms with E-state index in [0.29, 0.717) is 17.2 Å². The molecule has 0 bridgehead atoms. The van der Waals surface area contributed by atoms with Gasteiger partial charge in [-0.2, -0.15) is 0 Å². The molecule has 0 aromatic heterocycles. The fraction of sp³-hybridized carbons (Fsp3) is 0.278. The van der Waals surface area contributed by atoms with Gasteiger partial charge in [0.15, 0.2) is 0 Å². The first-order valence-corrected chi connectivity index (χ1v) is 16.5. The Kier molecular flexibility index (Phi) is 11.4. The number of carbonyl (C=O) groups excluding carboxylic acids is 2. The summed E-state index contributed by atoms with van der Waals surface area (Å²) in [5, 5.41) is 2.96. The zero-order chi connectivity index (χ0) is 33.3. The zero-order valence-electron chi connectivity index (χ0n) is 26.8. The number of nitrogens with one attached hydrogen (secondary N) is 1. The van der Waals surface area contributed by atoms with Crippen molar-refractivity contribution in [2.45, 2.75) is 50.7 Å². The van der Waals surface area contributed by atoms with Crippen LogP contribution in [-0.2, 0) is 32.6 Å². The van der Waals surface area contributed by atoms with Gasteiger partial charge in [-0.3, -0.25) is 13.9 Å². The minimum absolute atomic E-state index is 0.000549. The average Bonchev–Trinajstić information content (AvgIpc) is 3.05. The first kappa shape index (κ1) is 34.1. The normalized spacial score (nSPS) is 11.9. The topological polar surface area (TPSA) is 105 Å². The van der Waals surface area contributed by atoms with Crippen molar-refractivity contribution in [2.24, 2.45) is 0 Å². The lowest BCUT2D eigenvalue weighted by molar-refractivity contribution is -0.140. The second-order valence-electron chi connectivity index (χ2n) is 11.3. The Bertz CT molecular complexity index is 1710. The lowest BCUT2D eigenvalue weighted by Gasteiger charge is -2.34. The summed E-state index contributed by atoms with van der Waals surface area (Å²) in [5.41, 5.74) is 2.84. The number of rotatable bonds is 14. The number of aryl methyl sites for hydroxylation is 1. The molecule has 242 valence electrons. The van der Waals surface area contributed by atoms with E-state index in [4.69, 9.17) is 9.47 Å². The van der Waals surface area contributed by atoms with Gasteiger partial charge in [-0.25, -0.2) is 8.42 Å². The monoisotopic (exact) mass is 643 g/mol. The predicted molar refractivity (Wildman–Crippen MR) is 179 cm³/mol. The number of hydrogen-bond acceptors (Lipinski definition) is 6. The fourth-order valence-corrected chi connectivity index (χ4v) is 6.43. The van der Waals surface area contributed by atoms with Gasteiger partial charge in [-0.1, -0.05) is 60.2 Å². The smallest absolute Gasteiger partial charge is 0.264 e. The van der Waals surface area contributed by atoms with Crippen LogP contribution in [0.3, 0.4) is 0 Å². The summed E-state index contributed by atoms with van der Waals surface area (Å²) in [6, 6.07) is 28.5. The second kappa shape index (κ2) is 15.4. The van der Waals surface area contributed by atoms with Crippen LogP contribution in [-0.4, -0.2) is 58.0 Å². The van der Waals surface area contributed by atoms with Crippen LogP contribution in [0.15, 0.2) is 108 Å². The average molecular weight is 644 g/mol. The Morgan fingerprint density at radius 3 is 2.02 bits per heavy atom. The second-order valence-corrected chi connectivity index (χ2v) is 13.1. The number of anilines is 1. The Morgan fingerprint density at radius 1 is 0.783 bits per heavy atom. The van der Waals surface area contributed by atoms with E-state index in [9.17, 15) is 18.0 Å². The standard InChI is InChI=1S/C36H41N3O6S/c1-26(2)37-36(41)34(23-28-10-7-6-8-11-28)38(24-29-12-9-13-32(22-29)45-5)35(40)25-39(30-16-14-27(3)15-17-30)46(42,43)33-20-18-31(44-4)19-21-33/h6-22,26,34H,23-25H2,1-5H3,(H,37,41). The number of carbonyl (C=O) groups is 2. The Labute approximate surface area is 271 Å². The summed E-state index contributed by atoms with van der Waals surface area (Å²) in [7, 11) is -1.16. The van der Waals surface area contributed by atoms with Crippen LogP contribution in [0.2, 0.25) is 0 Å². The van der Waals surface area contributed by atoms with E-state index >= 15 is 0 Å². The number of sulfonamides is 1. The van der Waals surface area contributed by atoms with Crippen molar-refractivity contribution >= 4 is 27.5 Å². The Balaban J connectivity index is 1.81. The van der Waals surface area contributed by atoms with Crippen molar-refractivity contribution in [3.05, 3.63) is 120 Å². The summed E-state index contributed by atoms with van der Waals surface area (Å²) < 4.78 is 40.1. The van der Waals surface area contributed by atoms with Crippen LogP contribution < -0.4 is 19.1 Å². The Hall–Kier alpha value is -4.83. The number of benzene rings is 4. The molecule has 0 radical (unpaired) electrons. The molecule has 0 spiro atoms. The van der Waals surface area contributed by atoms with Gasteiger partial charge in [0.25, 0.3) is 10.0 Å². The molecular formula is C36H41N3O6S. The molecule has 0 fully saturated rings. The highest BCUT2D eigenvalue weighted by Crippen LogP contribution is 2.27. The summed E-state index contributed by atoms with van der Waals surface area (Å²) in [6.07, 6.45) is 0.227. The molecule has 10 heteroatoms. The van der Waals surface area contributed by atoms with Crippen LogP contribution in [0.5, 0.6) is 11.5 Å². The minimum Gasteiger partial charge on any atom is -0.497 e. The third kappa shape index (κ3) is 8.66. The first-order valence-electron chi connectivity index (χ1n) is 15.0. The van der Waals surface area contributed by atoms with Crippen molar-refractivity contribution in [3.63, 3.8) is 0 Å². The molecule has 2 amide bonds. The van der Waals surface area contributed by atoms with Crippen molar-refractivity contribution in [1.29, 1.82) is 0 Å². The molecule has 46 heavy (non-hydrogen) atoms. The highest BCUT2D eigenvalue weighted by atomic mass is 32.2. The molecule has 0 aliphatic carbocycles. The summed E-state index contributed by atoms with van der Waals surface area (Å²) >= 11 is 0. The molecule has 0 saturated heterocycles. The number of hydrogen-bond donors (Lipinski definition) is 1. The van der Waals surface area contributed by atoms with Gasteiger partial charge in [0.1, 0.15) is 24.1 Å². The van der Waals surface area contributed by atoms with Crippen LogP contribution in [0.1, 0.15) is 30.5 Å². The molecule has 4 aromatic rings. The molecule has 0 aliphatic heterocycles. The van der Waals surface area contributed by atoms with Gasteiger partial charge >= 0.3 is 0 Å². The first-order chi connectivity index (χ1) is 22.0. The molecule has 1 N–H and O–H groups in total. The fourth-order valence-electron chi connectivity index (χ4n) is 5.02. The number of amides is 2. The van der Waals surface area contributed by atoms with E-state index in [0.717, 1.165) is 21.0 Å². The quantitative estimate of drug-likeness (QED) is 0.198. The van der Waals surface area contributed by atoms with Crippen LogP contribution in [0.4, 0.5) is 5.69 Å². The lowest BCUT2D eigenvalue weighted by Crippen LogP contribution is -2.54. The predicted octanol–water partition coefficient (Wildman–Crippen LogP) is 5.37. The lowest BCUT2D eigenvalue weighted by atomic mass is 10.0. The zero-order valence-corrected chi connectivity index (χ0v) is 27.7. The highest BCUT2D eigenvalue weighted by Gasteiger charge is 2.35. The molecule has 1 atom stereocenters. The van der Waals surface area contributed by atoms with Gasteiger partial charge in [0.05, 0.1) is 24.8 Å². The van der Waals surface area contributed by atoms with Crippen molar-refractivity contribution < 1.29 is 27.5 Å². The van der Waals surface area contributed by atoms with Crippen LogP contribution in [0, 0.1) is 6.92 Å². The molecule has 4 aromatic carbocycles. The molecular weight excluding hydrogens is 602 g/mol. The van der Waals surface area contributed by atoms with Crippen molar-refractivity contribution in [3.8, 4) is 11.5 Å². The maximum Gasteiger partial charge on any atom is 0.264 e. The molecule has 0 saturated carbocycles. The molecule has 0 heterocycles. The third-order valence-electron chi connectivity index (χ3n) is 7.44. The molecule has 4 rings (SSSR count). The van der Waals surface area contributed by atoms with E-state index in [1.165, 1.54) is 24.1 Å². The van der Waals surface area contributed by atoms with Crippen molar-refractivity contribution in [1.82, 2.24) is 10.2 Å². The van der Waals surface area contributed by atoms with Gasteiger partial charge in [0.2, 0.25) is 11.8 Å². The minimum atomic E-state index is -4.22. The molecule has 0 aliphatic rings. The van der Waals surface area contributed by atoms with Gasteiger partial charge < -0.3 is 19.7 Å². The van der Waals surface area contributed by atoms with E-state index in [1.54, 1.807) is 55.6 Å². The maximum atomic E-state index is 14.5. The SMILES string of the molecule is COc1ccc(S(=O)(=O)N(CC(=O)N(Cc2cccc(OC)c2)C(Cc2ccccc2)C(=O)NC(C)C)c2ccc(C)cc2)cc1. The van der Waals surface area contributed by atoms with Crippen LogP contribution in [0.25, 0.3) is 0 Å². The Morgan fingerprint density at radius 2 is 1.41 bits per heavy atom. The third-order valence-corrected chi connectivity index (χ3v) is 9.23. The molecule has 9 nitrogen and oxygen atoms in total. The maximum absolute atomic E-state index is 14.5. The molecule has 1 unspecified atom stereocenters. The van der Waals surface area contributed by atoms with Gasteiger partial charge in [0, 0.05) is 19.0 Å². The van der Waals surface area contributed by atoms with Gasteiger partial charge in [-0.15, -0.1) is 0 Å². The highest BCUT2D eigenvalue weighted by molar-refractivity contribution is 7.92. The summed E-state index contributed by atoms with van der Waals surface area (Å²) in [5.74, 6) is 0.219. The van der Waals surface area contributed by atoms with E-state index in [-0.39, 0.29) is 29.8 Å². The largest absolute Gasteiger partial charge is 0.497 e. The van der Waals surface area contributed by atoms with E-state index in [1.807, 2.05) is 63.2 Å². The van der Waals surface area contributed by atoms with E-state index < -0.39 is 28.5 Å². The number of nitrogens with zero attached hydrogens (tertiary/aromatic N) is 2. The summed E-state index contributed by atoms with van der Waals surface area (Å²) in [6.45, 7) is 5.11. The summed E-state index contributed by atoms with van der Waals surface area (Å²) in [4.78, 5) is 29.8.